The molecule has 3 fully saturated rings. The van der Waals surface area contributed by atoms with Crippen LogP contribution in [0.3, 0.4) is 0 Å². The van der Waals surface area contributed by atoms with E-state index in [2.05, 4.69) is 26.8 Å². The Morgan fingerprint density at radius 3 is 2.71 bits per heavy atom. The minimum absolute atomic E-state index is 0.132. The summed E-state index contributed by atoms with van der Waals surface area (Å²) >= 11 is 0. The van der Waals surface area contributed by atoms with Gasteiger partial charge in [-0.3, -0.25) is 4.79 Å². The van der Waals surface area contributed by atoms with E-state index in [-0.39, 0.29) is 35.7 Å². The van der Waals surface area contributed by atoms with Gasteiger partial charge in [-0.2, -0.15) is 0 Å². The number of aliphatic hydroxyl groups is 2. The van der Waals surface area contributed by atoms with Crippen LogP contribution in [0.25, 0.3) is 0 Å². The molecule has 0 aromatic rings. The topological polar surface area (TPSA) is 70.1 Å². The third-order valence-corrected chi connectivity index (χ3v) is 8.12. The molecule has 2 spiro atoms. The molecule has 8 atom stereocenters. The van der Waals surface area contributed by atoms with E-state index < -0.39 is 17.1 Å². The summed E-state index contributed by atoms with van der Waals surface area (Å²) in [5.74, 6) is 0.943. The molecular weight excluding hydrogens is 304 g/mol. The number of carbonyl (C=O) groups excluding carboxylic acids is 1. The Kier molecular flexibility index (Phi) is 2.58. The van der Waals surface area contributed by atoms with Crippen molar-refractivity contribution in [2.45, 2.75) is 51.9 Å². The summed E-state index contributed by atoms with van der Waals surface area (Å²) in [7, 11) is 0. The molecule has 130 valence electrons. The molecule has 1 saturated heterocycles. The zero-order valence-electron chi connectivity index (χ0n) is 14.7. The highest BCUT2D eigenvalue weighted by molar-refractivity contribution is 5.96. The molecule has 0 aromatic carbocycles. The number of hydrogen-bond acceptors (Lipinski definition) is 4. The van der Waals surface area contributed by atoms with Gasteiger partial charge in [0.15, 0.2) is 5.78 Å². The van der Waals surface area contributed by atoms with Crippen molar-refractivity contribution in [3.8, 4) is 0 Å². The molecule has 4 nitrogen and oxygen atoms in total. The highest BCUT2D eigenvalue weighted by Crippen LogP contribution is 2.75. The van der Waals surface area contributed by atoms with Crippen LogP contribution in [-0.2, 0) is 9.53 Å². The molecule has 2 saturated carbocycles. The molecule has 2 bridgehead atoms. The Bertz CT molecular complexity index is 719. The van der Waals surface area contributed by atoms with E-state index in [1.54, 1.807) is 0 Å². The third kappa shape index (κ3) is 1.32. The number of allylic oxidation sites excluding steroid dienone is 1. The third-order valence-electron chi connectivity index (χ3n) is 8.12. The summed E-state index contributed by atoms with van der Waals surface area (Å²) in [4.78, 5) is 13.8. The first-order valence-electron chi connectivity index (χ1n) is 9.14. The molecule has 4 aliphatic carbocycles. The lowest BCUT2D eigenvalue weighted by atomic mass is 9.61. The molecule has 5 aliphatic rings. The predicted octanol–water partition coefficient (Wildman–Crippen LogP) is 1.86. The van der Waals surface area contributed by atoms with Crippen LogP contribution >= 0.6 is 0 Å². The monoisotopic (exact) mass is 330 g/mol. The van der Waals surface area contributed by atoms with Gasteiger partial charge >= 0.3 is 0 Å². The molecule has 0 aromatic heterocycles. The number of Topliss-reactive ketones (excluding diaryl/α,β-unsaturated/α-hetero) is 1. The van der Waals surface area contributed by atoms with Crippen molar-refractivity contribution < 1.29 is 19.7 Å². The van der Waals surface area contributed by atoms with Crippen LogP contribution in [0, 0.1) is 34.5 Å². The first kappa shape index (κ1) is 15.3. The fraction of sp³-hybridized carbons (Fsp3) is 0.750. The van der Waals surface area contributed by atoms with Crippen LogP contribution in [0.4, 0.5) is 0 Å². The molecule has 1 heterocycles. The number of ketones is 1. The maximum Gasteiger partial charge on any atom is 0.153 e. The standard InChI is InChI=1S/C20H26O4/c1-9-7-19-10(2)5-13-14(18(13,3)4)12(16(19)23)6-11(8-21)15(22)20(19)17(9)24-20/h6-7,10,12-15,17,21-22H,5,8H2,1-4H3/t10-,12+,13?,14?,15+,17+,19+,20+/m1/s1. The summed E-state index contributed by atoms with van der Waals surface area (Å²) in [5, 5.41) is 21.0. The SMILES string of the molecule is CC1=C[C@]23C(=O)[C@@H](C=C(CO)[C@H](O)[C@@]24O[C@@H]14)C1C(C[C@H]3C)C1(C)C. The summed E-state index contributed by atoms with van der Waals surface area (Å²) in [6.07, 6.45) is 3.90. The molecule has 24 heavy (non-hydrogen) atoms. The predicted molar refractivity (Wildman–Crippen MR) is 88.0 cm³/mol. The maximum atomic E-state index is 13.8. The zero-order valence-corrected chi connectivity index (χ0v) is 14.7. The average molecular weight is 330 g/mol. The molecule has 0 amide bonds. The fourth-order valence-electron chi connectivity index (χ4n) is 6.79. The number of carbonyl (C=O) groups is 1. The van der Waals surface area contributed by atoms with E-state index >= 15 is 0 Å². The molecule has 5 rings (SSSR count). The number of ether oxygens (including phenoxy) is 1. The Morgan fingerprint density at radius 2 is 2.08 bits per heavy atom. The molecule has 2 N–H and O–H groups in total. The maximum absolute atomic E-state index is 13.8. The summed E-state index contributed by atoms with van der Waals surface area (Å²) in [5.41, 5.74) is 0.149. The number of fused-ring (bicyclic) bond motifs is 3. The highest BCUT2D eigenvalue weighted by atomic mass is 16.6. The van der Waals surface area contributed by atoms with E-state index in [4.69, 9.17) is 4.74 Å². The van der Waals surface area contributed by atoms with Crippen LogP contribution < -0.4 is 0 Å². The van der Waals surface area contributed by atoms with Gasteiger partial charge in [0.2, 0.25) is 0 Å². The van der Waals surface area contributed by atoms with Crippen molar-refractivity contribution in [1.29, 1.82) is 0 Å². The van der Waals surface area contributed by atoms with Crippen LogP contribution in [0.1, 0.15) is 34.1 Å². The number of epoxide rings is 1. The van der Waals surface area contributed by atoms with E-state index in [0.29, 0.717) is 17.4 Å². The summed E-state index contributed by atoms with van der Waals surface area (Å²) in [6.45, 7) is 8.43. The normalized spacial score (nSPS) is 56.2. The van der Waals surface area contributed by atoms with Crippen molar-refractivity contribution in [3.63, 3.8) is 0 Å². The summed E-state index contributed by atoms with van der Waals surface area (Å²) in [6, 6.07) is 0. The first-order valence-corrected chi connectivity index (χ1v) is 9.14. The number of rotatable bonds is 1. The Labute approximate surface area is 142 Å². The lowest BCUT2D eigenvalue weighted by Crippen LogP contribution is -2.54. The van der Waals surface area contributed by atoms with E-state index in [9.17, 15) is 15.0 Å². The molecule has 1 aliphatic heterocycles. The lowest BCUT2D eigenvalue weighted by Gasteiger charge is -2.40. The number of hydrogen-bond donors (Lipinski definition) is 2. The minimum Gasteiger partial charge on any atom is -0.392 e. The minimum atomic E-state index is -0.906. The van der Waals surface area contributed by atoms with Crippen LogP contribution in [-0.4, -0.2) is 40.4 Å². The van der Waals surface area contributed by atoms with Gasteiger partial charge in [0.1, 0.15) is 17.8 Å². The van der Waals surface area contributed by atoms with Crippen molar-refractivity contribution in [1.82, 2.24) is 0 Å². The van der Waals surface area contributed by atoms with Gasteiger partial charge in [-0.15, -0.1) is 0 Å². The Balaban J connectivity index is 1.76. The van der Waals surface area contributed by atoms with Gasteiger partial charge in [-0.05, 0) is 47.7 Å². The van der Waals surface area contributed by atoms with E-state index in [1.165, 1.54) is 0 Å². The molecule has 4 heteroatoms. The second-order valence-electron chi connectivity index (χ2n) is 9.33. The zero-order chi connectivity index (χ0) is 17.2. The van der Waals surface area contributed by atoms with Gasteiger partial charge in [0, 0.05) is 5.92 Å². The van der Waals surface area contributed by atoms with Crippen LogP contribution in [0.15, 0.2) is 23.3 Å². The largest absolute Gasteiger partial charge is 0.392 e. The smallest absolute Gasteiger partial charge is 0.153 e. The number of aliphatic hydroxyl groups excluding tert-OH is 2. The fourth-order valence-corrected chi connectivity index (χ4v) is 6.79. The van der Waals surface area contributed by atoms with Gasteiger partial charge in [0.05, 0.1) is 12.0 Å². The molecule has 0 radical (unpaired) electrons. The van der Waals surface area contributed by atoms with E-state index in [1.807, 2.05) is 13.0 Å². The second kappa shape index (κ2) is 4.05. The van der Waals surface area contributed by atoms with Gasteiger partial charge in [0.25, 0.3) is 0 Å². The van der Waals surface area contributed by atoms with Crippen molar-refractivity contribution in [3.05, 3.63) is 23.3 Å². The lowest BCUT2D eigenvalue weighted by molar-refractivity contribution is -0.138. The van der Waals surface area contributed by atoms with Crippen molar-refractivity contribution in [2.24, 2.45) is 34.5 Å². The van der Waals surface area contributed by atoms with Crippen LogP contribution in [0.2, 0.25) is 0 Å². The van der Waals surface area contributed by atoms with Crippen molar-refractivity contribution in [2.75, 3.05) is 6.61 Å². The van der Waals surface area contributed by atoms with Crippen molar-refractivity contribution >= 4 is 5.78 Å². The second-order valence-corrected chi connectivity index (χ2v) is 9.33. The van der Waals surface area contributed by atoms with E-state index in [0.717, 1.165) is 12.0 Å². The Morgan fingerprint density at radius 1 is 1.38 bits per heavy atom. The van der Waals surface area contributed by atoms with Gasteiger partial charge in [-0.25, -0.2) is 0 Å². The average Bonchev–Trinajstić information content (AvgIpc) is 3.37. The molecule has 2 unspecified atom stereocenters. The van der Waals surface area contributed by atoms with Gasteiger partial charge in [-0.1, -0.05) is 32.9 Å². The summed E-state index contributed by atoms with van der Waals surface area (Å²) < 4.78 is 6.06. The van der Waals surface area contributed by atoms with Gasteiger partial charge < -0.3 is 14.9 Å². The Hall–Kier alpha value is -0.970. The highest BCUT2D eigenvalue weighted by Gasteiger charge is 2.83. The quantitative estimate of drug-likeness (QED) is 0.569. The first-order chi connectivity index (χ1) is 11.2. The molecular formula is C20H26O4. The van der Waals surface area contributed by atoms with Crippen LogP contribution in [0.5, 0.6) is 0 Å².